The number of amides is 1. The number of aromatic nitrogens is 4. The molecule has 166 valence electrons. The number of aliphatic hydroxyl groups is 1. The smallest absolute Gasteiger partial charge is 0.440 e. The van der Waals surface area contributed by atoms with Crippen LogP contribution in [0.2, 0.25) is 0 Å². The van der Waals surface area contributed by atoms with E-state index in [1.54, 1.807) is 0 Å². The molecule has 2 aromatic rings. The molecule has 3 rings (SSSR count). The van der Waals surface area contributed by atoms with Crippen LogP contribution in [-0.2, 0) is 18.6 Å². The summed E-state index contributed by atoms with van der Waals surface area (Å²) in [5, 5.41) is 13.0. The molecule has 9 N–H and O–H groups in total. The number of anilines is 1. The first kappa shape index (κ1) is 22.1. The zero-order chi connectivity index (χ0) is 22.1. The van der Waals surface area contributed by atoms with Gasteiger partial charge in [-0.25, -0.2) is 14.3 Å². The quantitative estimate of drug-likeness (QED) is 0.210. The highest BCUT2D eigenvalue weighted by Gasteiger charge is 2.48. The van der Waals surface area contributed by atoms with Crippen LogP contribution in [0.3, 0.4) is 0 Å². The molecule has 1 amide bonds. The minimum atomic E-state index is -4.88. The van der Waals surface area contributed by atoms with Gasteiger partial charge in [-0.05, 0) is 0 Å². The van der Waals surface area contributed by atoms with E-state index in [2.05, 4.69) is 24.8 Å². The molecular weight excluding hydrogens is 429 g/mol. The maximum Gasteiger partial charge on any atom is 0.469 e. The largest absolute Gasteiger partial charge is 0.469 e. The predicted molar refractivity (Wildman–Crippen MR) is 97.8 cm³/mol. The number of alkyl carbamates (subject to hydrolysis) is 1. The lowest BCUT2D eigenvalue weighted by molar-refractivity contribution is -0.0509. The summed E-state index contributed by atoms with van der Waals surface area (Å²) in [5.41, 5.74) is 10.1. The van der Waals surface area contributed by atoms with Gasteiger partial charge < -0.3 is 41.2 Å². The van der Waals surface area contributed by atoms with Crippen molar-refractivity contribution in [3.63, 3.8) is 0 Å². The van der Waals surface area contributed by atoms with E-state index in [1.165, 1.54) is 4.57 Å². The molecule has 4 atom stereocenters. The number of fused-ring (bicyclic) bond motifs is 1. The molecule has 30 heavy (non-hydrogen) atoms. The number of aliphatic hydroxyl groups excluding tert-OH is 1. The number of nitrogen functional groups attached to an aromatic ring is 1. The van der Waals surface area contributed by atoms with Crippen molar-refractivity contribution < 1.29 is 38.3 Å². The summed E-state index contributed by atoms with van der Waals surface area (Å²) in [6.45, 7) is -0.488. The Morgan fingerprint density at radius 3 is 2.87 bits per heavy atom. The van der Waals surface area contributed by atoms with E-state index >= 15 is 0 Å². The van der Waals surface area contributed by atoms with Gasteiger partial charge in [0.05, 0.1) is 12.9 Å². The number of rotatable bonds is 7. The van der Waals surface area contributed by atoms with Crippen molar-refractivity contribution in [2.45, 2.75) is 24.5 Å². The number of phosphoric ester groups is 1. The van der Waals surface area contributed by atoms with Crippen LogP contribution in [0.1, 0.15) is 6.23 Å². The number of nitrogens with two attached hydrogens (primary N) is 2. The third-order valence-electron chi connectivity index (χ3n) is 4.10. The Labute approximate surface area is 167 Å². The molecule has 1 fully saturated rings. The predicted octanol–water partition coefficient (Wildman–Crippen LogP) is -2.88. The number of nitrogens with zero attached hydrogens (tertiary/aromatic N) is 3. The highest BCUT2D eigenvalue weighted by atomic mass is 31.2. The Kier molecular flexibility index (Phi) is 6.37. The van der Waals surface area contributed by atoms with E-state index < -0.39 is 50.6 Å². The van der Waals surface area contributed by atoms with E-state index in [-0.39, 0.29) is 30.2 Å². The molecule has 1 aliphatic rings. The minimum Gasteiger partial charge on any atom is -0.440 e. The molecule has 1 saturated heterocycles. The van der Waals surface area contributed by atoms with Crippen molar-refractivity contribution in [2.24, 2.45) is 5.73 Å². The third-order valence-corrected chi connectivity index (χ3v) is 4.58. The third kappa shape index (κ3) is 4.76. The monoisotopic (exact) mass is 449 g/mol. The zero-order valence-electron chi connectivity index (χ0n) is 15.2. The molecule has 0 saturated carbocycles. The topological polar surface area (TPSA) is 250 Å². The molecule has 0 aliphatic carbocycles. The van der Waals surface area contributed by atoms with Gasteiger partial charge in [0.2, 0.25) is 5.95 Å². The lowest BCUT2D eigenvalue weighted by Crippen LogP contribution is -2.42. The normalized spacial score (nSPS) is 24.3. The van der Waals surface area contributed by atoms with Gasteiger partial charge in [-0.2, -0.15) is 4.98 Å². The van der Waals surface area contributed by atoms with Crippen LogP contribution in [0, 0.1) is 0 Å². The highest BCUT2D eigenvalue weighted by Crippen LogP contribution is 2.39. The molecule has 0 unspecified atom stereocenters. The summed E-state index contributed by atoms with van der Waals surface area (Å²) in [6, 6.07) is 0. The Morgan fingerprint density at radius 2 is 2.20 bits per heavy atom. The van der Waals surface area contributed by atoms with E-state index in [0.717, 1.165) is 6.33 Å². The van der Waals surface area contributed by atoms with Crippen molar-refractivity contribution in [1.82, 2.24) is 24.8 Å². The standard InChI is InChI=1S/C13H20N7O9P/c14-1-2-16-13(23)29-8-5(3-27-30(24,25)26)28-11(7(8)21)20-4-17-6-9(20)18-12(15)19-10(6)22/h4-5,7-8,11,21H,1-3,14H2,(H,16,23)(H2,24,25,26)(H3,15,18,19,22)/t5-,7-,8-,11-/m1/s1. The molecule has 3 heterocycles. The average molecular weight is 449 g/mol. The van der Waals surface area contributed by atoms with E-state index in [0.29, 0.717) is 0 Å². The first-order chi connectivity index (χ1) is 14.1. The van der Waals surface area contributed by atoms with Gasteiger partial charge in [0.1, 0.15) is 12.2 Å². The number of imidazole rings is 1. The molecule has 0 bridgehead atoms. The lowest BCUT2D eigenvalue weighted by Gasteiger charge is -2.21. The highest BCUT2D eigenvalue weighted by molar-refractivity contribution is 7.46. The van der Waals surface area contributed by atoms with Crippen molar-refractivity contribution in [1.29, 1.82) is 0 Å². The number of carbonyl (C=O) groups is 1. The Bertz CT molecular complexity index is 1020. The fourth-order valence-electron chi connectivity index (χ4n) is 2.87. The van der Waals surface area contributed by atoms with Gasteiger partial charge in [-0.15, -0.1) is 0 Å². The van der Waals surface area contributed by atoms with Gasteiger partial charge in [-0.3, -0.25) is 18.9 Å². The number of hydrogen-bond acceptors (Lipinski definition) is 11. The summed E-state index contributed by atoms with van der Waals surface area (Å²) in [5.74, 6) is -0.211. The summed E-state index contributed by atoms with van der Waals surface area (Å²) in [4.78, 5) is 51.8. The summed E-state index contributed by atoms with van der Waals surface area (Å²) in [6.07, 6.45) is -5.30. The van der Waals surface area contributed by atoms with Crippen LogP contribution in [0.4, 0.5) is 10.7 Å². The maximum atomic E-state index is 11.9. The second-order valence-corrected chi connectivity index (χ2v) is 7.44. The molecule has 0 aromatic carbocycles. The Balaban J connectivity index is 1.90. The minimum absolute atomic E-state index is 0.0248. The number of H-pyrrole nitrogens is 1. The van der Waals surface area contributed by atoms with Crippen LogP contribution in [0.15, 0.2) is 11.1 Å². The van der Waals surface area contributed by atoms with Gasteiger partial charge in [0.25, 0.3) is 5.56 Å². The van der Waals surface area contributed by atoms with Gasteiger partial charge in [0.15, 0.2) is 23.5 Å². The number of aromatic amines is 1. The van der Waals surface area contributed by atoms with Crippen molar-refractivity contribution in [2.75, 3.05) is 25.4 Å². The number of phosphoric acid groups is 1. The fraction of sp³-hybridized carbons (Fsp3) is 0.538. The van der Waals surface area contributed by atoms with E-state index in [1.807, 2.05) is 0 Å². The lowest BCUT2D eigenvalue weighted by atomic mass is 10.1. The van der Waals surface area contributed by atoms with Gasteiger partial charge >= 0.3 is 13.9 Å². The number of ether oxygens (including phenoxy) is 2. The Morgan fingerprint density at radius 1 is 1.47 bits per heavy atom. The summed E-state index contributed by atoms with van der Waals surface area (Å²) >= 11 is 0. The second-order valence-electron chi connectivity index (χ2n) is 6.20. The molecule has 17 heteroatoms. The molecule has 2 aromatic heterocycles. The first-order valence-corrected chi connectivity index (χ1v) is 10.0. The first-order valence-electron chi connectivity index (χ1n) is 8.51. The van der Waals surface area contributed by atoms with Gasteiger partial charge in [0, 0.05) is 13.1 Å². The van der Waals surface area contributed by atoms with Crippen molar-refractivity contribution >= 4 is 31.0 Å². The van der Waals surface area contributed by atoms with Crippen molar-refractivity contribution in [3.05, 3.63) is 16.7 Å². The average Bonchev–Trinajstić information content (AvgIpc) is 3.19. The SMILES string of the molecule is NCCNC(=O)O[C@H]1[C@@H](O)[C@H](n2cnc3c(=O)[nH]c(N)nc32)O[C@@H]1COP(=O)(O)O. The van der Waals surface area contributed by atoms with Crippen LogP contribution >= 0.6 is 7.82 Å². The molecular formula is C13H20N7O9P. The van der Waals surface area contributed by atoms with Gasteiger partial charge in [-0.1, -0.05) is 0 Å². The van der Waals surface area contributed by atoms with Crippen LogP contribution in [-0.4, -0.2) is 78.5 Å². The van der Waals surface area contributed by atoms with E-state index in [4.69, 9.17) is 30.7 Å². The molecule has 16 nitrogen and oxygen atoms in total. The van der Waals surface area contributed by atoms with E-state index in [9.17, 15) is 19.3 Å². The molecule has 0 radical (unpaired) electrons. The molecule has 1 aliphatic heterocycles. The van der Waals surface area contributed by atoms with Crippen LogP contribution < -0.4 is 22.3 Å². The number of carbonyl (C=O) groups excluding carboxylic acids is 1. The number of hydrogen-bond donors (Lipinski definition) is 7. The summed E-state index contributed by atoms with van der Waals surface area (Å²) in [7, 11) is -4.88. The van der Waals surface area contributed by atoms with Crippen LogP contribution in [0.5, 0.6) is 0 Å². The zero-order valence-corrected chi connectivity index (χ0v) is 16.1. The number of nitrogens with one attached hydrogen (secondary N) is 2. The van der Waals surface area contributed by atoms with Crippen molar-refractivity contribution in [3.8, 4) is 0 Å². The maximum absolute atomic E-state index is 11.9. The van der Waals surface area contributed by atoms with Crippen LogP contribution in [0.25, 0.3) is 11.2 Å². The summed E-state index contributed by atoms with van der Waals surface area (Å²) < 4.78 is 27.4. The Hall–Kier alpha value is -2.59. The molecule has 0 spiro atoms. The fourth-order valence-corrected chi connectivity index (χ4v) is 3.21. The second kappa shape index (κ2) is 8.65.